The Bertz CT molecular complexity index is 612. The van der Waals surface area contributed by atoms with Gasteiger partial charge in [0.05, 0.1) is 13.2 Å². The number of hydrogen-bond acceptors (Lipinski definition) is 3. The predicted octanol–water partition coefficient (Wildman–Crippen LogP) is 4.56. The molecule has 1 saturated heterocycles. The molecule has 0 amide bonds. The zero-order valence-electron chi connectivity index (χ0n) is 13.9. The molecular formula is C19H26BrNO2. The maximum absolute atomic E-state index is 6.16. The van der Waals surface area contributed by atoms with Gasteiger partial charge < -0.3 is 15.2 Å². The van der Waals surface area contributed by atoms with Gasteiger partial charge in [0.1, 0.15) is 0 Å². The van der Waals surface area contributed by atoms with Crippen LogP contribution in [0.1, 0.15) is 56.6 Å². The quantitative estimate of drug-likeness (QED) is 0.727. The van der Waals surface area contributed by atoms with E-state index in [2.05, 4.69) is 35.0 Å². The molecule has 1 heterocycles. The van der Waals surface area contributed by atoms with Crippen LogP contribution in [-0.2, 0) is 21.3 Å². The Morgan fingerprint density at radius 1 is 1.26 bits per heavy atom. The number of anilines is 1. The molecular weight excluding hydrogens is 354 g/mol. The molecule has 4 heteroatoms. The minimum Gasteiger partial charge on any atom is -0.398 e. The summed E-state index contributed by atoms with van der Waals surface area (Å²) in [5.74, 6) is 0.343. The van der Waals surface area contributed by atoms with Crippen LogP contribution in [0.25, 0.3) is 0 Å². The molecule has 0 bridgehead atoms. The van der Waals surface area contributed by atoms with E-state index in [0.717, 1.165) is 49.1 Å². The number of ether oxygens (including phenoxy) is 2. The maximum Gasteiger partial charge on any atom is 0.168 e. The number of nitrogen functional groups attached to an aromatic ring is 1. The van der Waals surface area contributed by atoms with Crippen molar-refractivity contribution in [2.24, 2.45) is 5.92 Å². The van der Waals surface area contributed by atoms with Crippen molar-refractivity contribution in [3.63, 3.8) is 0 Å². The van der Waals surface area contributed by atoms with Gasteiger partial charge in [-0.3, -0.25) is 0 Å². The number of fused-ring (bicyclic) bond motifs is 3. The molecule has 0 unspecified atom stereocenters. The second-order valence-electron chi connectivity index (χ2n) is 7.44. The lowest BCUT2D eigenvalue weighted by Gasteiger charge is -2.49. The van der Waals surface area contributed by atoms with Gasteiger partial charge in [0.2, 0.25) is 0 Å². The van der Waals surface area contributed by atoms with Gasteiger partial charge in [0.25, 0.3) is 0 Å². The minimum absolute atomic E-state index is 0.253. The van der Waals surface area contributed by atoms with Crippen molar-refractivity contribution in [3.05, 3.63) is 27.7 Å². The van der Waals surface area contributed by atoms with Crippen molar-refractivity contribution in [2.75, 3.05) is 18.9 Å². The second kappa shape index (κ2) is 5.75. The van der Waals surface area contributed by atoms with Crippen molar-refractivity contribution in [1.82, 2.24) is 0 Å². The first-order chi connectivity index (χ1) is 11.1. The van der Waals surface area contributed by atoms with Crippen LogP contribution in [0.3, 0.4) is 0 Å². The molecule has 1 aromatic rings. The molecule has 3 nitrogen and oxygen atoms in total. The van der Waals surface area contributed by atoms with E-state index in [-0.39, 0.29) is 11.2 Å². The third-order valence-electron chi connectivity index (χ3n) is 6.49. The number of nitrogens with two attached hydrogens (primary N) is 1. The van der Waals surface area contributed by atoms with E-state index in [1.54, 1.807) is 0 Å². The third kappa shape index (κ3) is 2.45. The van der Waals surface area contributed by atoms with Gasteiger partial charge in [-0.05, 0) is 82.6 Å². The molecule has 2 fully saturated rings. The van der Waals surface area contributed by atoms with Crippen LogP contribution >= 0.6 is 15.9 Å². The normalized spacial score (nSPS) is 32.3. The summed E-state index contributed by atoms with van der Waals surface area (Å²) < 4.78 is 13.1. The molecule has 3 aliphatic rings. The number of rotatable bonds is 1. The smallest absolute Gasteiger partial charge is 0.168 e. The Labute approximate surface area is 147 Å². The van der Waals surface area contributed by atoms with Crippen molar-refractivity contribution < 1.29 is 9.47 Å². The highest BCUT2D eigenvalue weighted by molar-refractivity contribution is 9.10. The van der Waals surface area contributed by atoms with Crippen molar-refractivity contribution in [2.45, 2.75) is 63.1 Å². The first-order valence-electron chi connectivity index (χ1n) is 8.95. The first-order valence-corrected chi connectivity index (χ1v) is 9.74. The Balaban J connectivity index is 1.78. The van der Waals surface area contributed by atoms with Crippen LogP contribution in [0.5, 0.6) is 0 Å². The topological polar surface area (TPSA) is 44.5 Å². The summed E-state index contributed by atoms with van der Waals surface area (Å²) in [6.45, 7) is 3.86. The van der Waals surface area contributed by atoms with Crippen LogP contribution in [0, 0.1) is 5.92 Å². The lowest BCUT2D eigenvalue weighted by Crippen LogP contribution is -2.48. The van der Waals surface area contributed by atoms with Gasteiger partial charge in [0.15, 0.2) is 5.79 Å². The van der Waals surface area contributed by atoms with E-state index in [1.807, 2.05) is 0 Å². The van der Waals surface area contributed by atoms with E-state index in [4.69, 9.17) is 15.2 Å². The maximum atomic E-state index is 6.16. The van der Waals surface area contributed by atoms with Gasteiger partial charge in [-0.25, -0.2) is 0 Å². The highest BCUT2D eigenvalue weighted by Gasteiger charge is 2.52. The molecule has 1 saturated carbocycles. The van der Waals surface area contributed by atoms with E-state index in [1.165, 1.54) is 30.4 Å². The molecule has 4 rings (SSSR count). The Kier molecular flexibility index (Phi) is 3.98. The van der Waals surface area contributed by atoms with Crippen molar-refractivity contribution >= 4 is 21.6 Å². The van der Waals surface area contributed by atoms with Crippen LogP contribution < -0.4 is 5.73 Å². The van der Waals surface area contributed by atoms with Crippen LogP contribution in [0.15, 0.2) is 16.6 Å². The highest BCUT2D eigenvalue weighted by atomic mass is 79.9. The number of aryl methyl sites for hydroxylation is 1. The predicted molar refractivity (Wildman–Crippen MR) is 95.4 cm³/mol. The summed E-state index contributed by atoms with van der Waals surface area (Å²) in [7, 11) is 0. The molecule has 0 radical (unpaired) electrons. The summed E-state index contributed by atoms with van der Waals surface area (Å²) in [6.07, 6.45) is 8.01. The zero-order valence-corrected chi connectivity index (χ0v) is 15.5. The van der Waals surface area contributed by atoms with Crippen molar-refractivity contribution in [3.8, 4) is 0 Å². The van der Waals surface area contributed by atoms with Crippen LogP contribution in [0.4, 0.5) is 5.69 Å². The van der Waals surface area contributed by atoms with E-state index < -0.39 is 0 Å². The second-order valence-corrected chi connectivity index (χ2v) is 8.30. The van der Waals surface area contributed by atoms with Gasteiger partial charge in [0, 0.05) is 23.0 Å². The van der Waals surface area contributed by atoms with E-state index >= 15 is 0 Å². The number of halogens is 1. The summed E-state index contributed by atoms with van der Waals surface area (Å²) in [5, 5.41) is 0. The molecule has 2 N–H and O–H groups in total. The fourth-order valence-corrected chi connectivity index (χ4v) is 5.63. The largest absolute Gasteiger partial charge is 0.398 e. The van der Waals surface area contributed by atoms with E-state index in [0.29, 0.717) is 5.92 Å². The minimum atomic E-state index is -0.293. The molecule has 1 aromatic carbocycles. The highest BCUT2D eigenvalue weighted by Crippen LogP contribution is 2.55. The number of hydrogen-bond donors (Lipinski definition) is 1. The summed E-state index contributed by atoms with van der Waals surface area (Å²) in [6, 6.07) is 4.51. The number of benzene rings is 1. The summed E-state index contributed by atoms with van der Waals surface area (Å²) >= 11 is 3.66. The molecule has 1 spiro atoms. The van der Waals surface area contributed by atoms with Crippen LogP contribution in [-0.4, -0.2) is 19.0 Å². The fraction of sp³-hybridized carbons (Fsp3) is 0.684. The van der Waals surface area contributed by atoms with Gasteiger partial charge >= 0.3 is 0 Å². The molecule has 2 atom stereocenters. The molecule has 23 heavy (non-hydrogen) atoms. The Morgan fingerprint density at radius 3 is 2.78 bits per heavy atom. The third-order valence-corrected chi connectivity index (χ3v) is 7.18. The van der Waals surface area contributed by atoms with Gasteiger partial charge in [-0.15, -0.1) is 0 Å². The molecule has 2 aliphatic carbocycles. The van der Waals surface area contributed by atoms with Gasteiger partial charge in [-0.2, -0.15) is 0 Å². The Hall–Kier alpha value is -0.580. The summed E-state index contributed by atoms with van der Waals surface area (Å²) in [4.78, 5) is 0. The molecule has 126 valence electrons. The summed E-state index contributed by atoms with van der Waals surface area (Å²) in [5.41, 5.74) is 10.3. The standard InChI is InChI=1S/C19H26BrNO2/c1-2-18-6-7-19(22-8-9-23-19)12-14(18)5-3-4-13-10-17(21)16(20)11-15(13)18/h10-11,14H,2-9,12,21H2,1H3/t14-,18+/m0/s1. The lowest BCUT2D eigenvalue weighted by molar-refractivity contribution is -0.199. The van der Waals surface area contributed by atoms with Crippen molar-refractivity contribution in [1.29, 1.82) is 0 Å². The average Bonchev–Trinajstić information content (AvgIpc) is 2.93. The van der Waals surface area contributed by atoms with E-state index in [9.17, 15) is 0 Å². The zero-order chi connectivity index (χ0) is 16.1. The average molecular weight is 380 g/mol. The Morgan fingerprint density at radius 2 is 2.04 bits per heavy atom. The SMILES string of the molecule is CC[C@@]12CCC3(C[C@@H]1CCCc1cc(N)c(Br)cc12)OCCO3. The van der Waals surface area contributed by atoms with Crippen LogP contribution in [0.2, 0.25) is 0 Å². The lowest BCUT2D eigenvalue weighted by atomic mass is 9.59. The molecule has 0 aromatic heterocycles. The first kappa shape index (κ1) is 15.9. The fourth-order valence-electron chi connectivity index (χ4n) is 5.28. The molecule has 1 aliphatic heterocycles. The van der Waals surface area contributed by atoms with Gasteiger partial charge in [-0.1, -0.05) is 6.92 Å². The monoisotopic (exact) mass is 379 g/mol.